The van der Waals surface area contributed by atoms with Gasteiger partial charge in [-0.2, -0.15) is 11.8 Å². The van der Waals surface area contributed by atoms with E-state index in [1.807, 2.05) is 35.0 Å². The van der Waals surface area contributed by atoms with Gasteiger partial charge in [0.25, 0.3) is 0 Å². The highest BCUT2D eigenvalue weighted by molar-refractivity contribution is 8.00. The molecule has 1 aliphatic carbocycles. The van der Waals surface area contributed by atoms with Gasteiger partial charge in [0.15, 0.2) is 0 Å². The average molecular weight is 309 g/mol. The molecule has 1 unspecified atom stereocenters. The van der Waals surface area contributed by atoms with Gasteiger partial charge >= 0.3 is 0 Å². The van der Waals surface area contributed by atoms with Crippen molar-refractivity contribution < 1.29 is 5.11 Å². The smallest absolute Gasteiger partial charge is 0.122 e. The van der Waals surface area contributed by atoms with Crippen molar-refractivity contribution >= 4 is 23.4 Å². The molecule has 2 aromatic rings. The zero-order valence-corrected chi connectivity index (χ0v) is 12.9. The Labute approximate surface area is 128 Å². The van der Waals surface area contributed by atoms with Crippen LogP contribution in [0.15, 0.2) is 43.0 Å². The first kappa shape index (κ1) is 14.0. The second kappa shape index (κ2) is 5.10. The van der Waals surface area contributed by atoms with Crippen molar-refractivity contribution in [2.24, 2.45) is 0 Å². The summed E-state index contributed by atoms with van der Waals surface area (Å²) in [5.41, 5.74) is 0.0139. The molecule has 0 amide bonds. The highest BCUT2D eigenvalue weighted by atomic mass is 35.5. The second-order valence-electron chi connectivity index (χ2n) is 5.30. The van der Waals surface area contributed by atoms with Crippen molar-refractivity contribution in [1.82, 2.24) is 9.55 Å². The molecule has 0 aliphatic heterocycles. The van der Waals surface area contributed by atoms with E-state index < -0.39 is 5.60 Å². The molecule has 0 bridgehead atoms. The standard InChI is InChI=1S/C15H17ClN2OS/c1-20-14(6-7-14)15(19,10-18-9-8-17-11-18)12-2-4-13(16)5-3-12/h2-5,8-9,11,19H,6-7,10H2,1H3. The molecule has 106 valence electrons. The van der Waals surface area contributed by atoms with Gasteiger partial charge in [-0.05, 0) is 36.8 Å². The zero-order valence-electron chi connectivity index (χ0n) is 11.3. The van der Waals surface area contributed by atoms with Crippen LogP contribution in [0, 0.1) is 0 Å². The number of benzene rings is 1. The first-order chi connectivity index (χ1) is 9.60. The topological polar surface area (TPSA) is 38.0 Å². The van der Waals surface area contributed by atoms with Crippen molar-refractivity contribution in [3.8, 4) is 0 Å². The monoisotopic (exact) mass is 308 g/mol. The molecule has 1 aromatic carbocycles. The first-order valence-electron chi connectivity index (χ1n) is 6.59. The fourth-order valence-corrected chi connectivity index (χ4v) is 3.92. The van der Waals surface area contributed by atoms with E-state index in [4.69, 9.17) is 11.6 Å². The van der Waals surface area contributed by atoms with Crippen molar-refractivity contribution in [2.45, 2.75) is 29.7 Å². The normalized spacial score (nSPS) is 19.6. The molecular weight excluding hydrogens is 292 g/mol. The Morgan fingerprint density at radius 3 is 2.60 bits per heavy atom. The van der Waals surface area contributed by atoms with Crippen LogP contribution in [0.3, 0.4) is 0 Å². The summed E-state index contributed by atoms with van der Waals surface area (Å²) in [6.45, 7) is 0.509. The maximum absolute atomic E-state index is 11.4. The van der Waals surface area contributed by atoms with Crippen molar-refractivity contribution in [1.29, 1.82) is 0 Å². The number of rotatable bonds is 5. The molecule has 20 heavy (non-hydrogen) atoms. The summed E-state index contributed by atoms with van der Waals surface area (Å²) < 4.78 is 1.83. The minimum atomic E-state index is -0.905. The van der Waals surface area contributed by atoms with E-state index in [0.29, 0.717) is 11.6 Å². The summed E-state index contributed by atoms with van der Waals surface area (Å²) in [6.07, 6.45) is 9.50. The van der Waals surface area contributed by atoms with Gasteiger partial charge in [0.05, 0.1) is 17.6 Å². The van der Waals surface area contributed by atoms with Crippen LogP contribution in [0.5, 0.6) is 0 Å². The van der Waals surface area contributed by atoms with E-state index >= 15 is 0 Å². The van der Waals surface area contributed by atoms with Gasteiger partial charge in [-0.3, -0.25) is 0 Å². The summed E-state index contributed by atoms with van der Waals surface area (Å²) in [5.74, 6) is 0. The summed E-state index contributed by atoms with van der Waals surface area (Å²) in [5, 5.41) is 12.1. The Kier molecular flexibility index (Phi) is 3.56. The number of thioether (sulfide) groups is 1. The van der Waals surface area contributed by atoms with E-state index in [0.717, 1.165) is 18.4 Å². The number of nitrogens with zero attached hydrogens (tertiary/aromatic N) is 2. The average Bonchev–Trinajstić information content (AvgIpc) is 3.11. The first-order valence-corrected chi connectivity index (χ1v) is 8.19. The van der Waals surface area contributed by atoms with Crippen molar-refractivity contribution in [3.63, 3.8) is 0 Å². The molecule has 1 N–H and O–H groups in total. The van der Waals surface area contributed by atoms with Crippen LogP contribution in [0.25, 0.3) is 0 Å². The lowest BCUT2D eigenvalue weighted by Gasteiger charge is -2.36. The lowest BCUT2D eigenvalue weighted by atomic mass is 9.88. The molecule has 1 aliphatic rings. The largest absolute Gasteiger partial charge is 0.382 e. The van der Waals surface area contributed by atoms with E-state index in [1.54, 1.807) is 24.3 Å². The predicted octanol–water partition coefficient (Wildman–Crippen LogP) is 3.32. The molecule has 1 fully saturated rings. The number of hydrogen-bond donors (Lipinski definition) is 1. The molecule has 1 aromatic heterocycles. The van der Waals surface area contributed by atoms with Crippen LogP contribution in [0.4, 0.5) is 0 Å². The van der Waals surface area contributed by atoms with Gasteiger partial charge < -0.3 is 9.67 Å². The van der Waals surface area contributed by atoms with Gasteiger partial charge in [0.1, 0.15) is 5.60 Å². The third-order valence-electron chi connectivity index (χ3n) is 4.14. The Hall–Kier alpha value is -0.970. The lowest BCUT2D eigenvalue weighted by molar-refractivity contribution is 0.00837. The van der Waals surface area contributed by atoms with E-state index in [-0.39, 0.29) is 4.75 Å². The molecule has 0 spiro atoms. The highest BCUT2D eigenvalue weighted by Gasteiger charge is 2.59. The quantitative estimate of drug-likeness (QED) is 0.921. The minimum absolute atomic E-state index is 0.106. The van der Waals surface area contributed by atoms with Gasteiger partial charge in [-0.25, -0.2) is 4.98 Å². The zero-order chi connectivity index (χ0) is 14.2. The molecule has 3 nitrogen and oxygen atoms in total. The predicted molar refractivity (Wildman–Crippen MR) is 83.1 cm³/mol. The molecule has 1 atom stereocenters. The Morgan fingerprint density at radius 1 is 1.40 bits per heavy atom. The number of aliphatic hydroxyl groups is 1. The van der Waals surface area contributed by atoms with Crippen LogP contribution >= 0.6 is 23.4 Å². The molecule has 5 heteroatoms. The van der Waals surface area contributed by atoms with E-state index in [1.165, 1.54) is 0 Å². The lowest BCUT2D eigenvalue weighted by Crippen LogP contribution is -2.43. The molecular formula is C15H17ClN2OS. The number of halogens is 1. The highest BCUT2D eigenvalue weighted by Crippen LogP contribution is 2.59. The summed E-state index contributed by atoms with van der Waals surface area (Å²) >= 11 is 7.72. The molecule has 0 saturated heterocycles. The second-order valence-corrected chi connectivity index (χ2v) is 6.93. The summed E-state index contributed by atoms with van der Waals surface area (Å²) in [6, 6.07) is 7.53. The fourth-order valence-electron chi connectivity index (χ4n) is 2.77. The van der Waals surface area contributed by atoms with E-state index in [9.17, 15) is 5.11 Å². The van der Waals surface area contributed by atoms with E-state index in [2.05, 4.69) is 11.2 Å². The van der Waals surface area contributed by atoms with Crippen LogP contribution in [-0.4, -0.2) is 25.7 Å². The van der Waals surface area contributed by atoms with Crippen molar-refractivity contribution in [2.75, 3.05) is 6.26 Å². The van der Waals surface area contributed by atoms with Gasteiger partial charge in [0, 0.05) is 17.4 Å². The van der Waals surface area contributed by atoms with Crippen LogP contribution in [-0.2, 0) is 12.1 Å². The fraction of sp³-hybridized carbons (Fsp3) is 0.400. The SMILES string of the molecule is CSC1(C(O)(Cn2ccnc2)c2ccc(Cl)cc2)CC1. The minimum Gasteiger partial charge on any atom is -0.382 e. The van der Waals surface area contributed by atoms with Gasteiger partial charge in [-0.1, -0.05) is 23.7 Å². The maximum Gasteiger partial charge on any atom is 0.122 e. The number of aromatic nitrogens is 2. The third-order valence-corrected chi connectivity index (χ3v) is 5.92. The third kappa shape index (κ3) is 2.26. The molecule has 3 rings (SSSR count). The molecule has 1 heterocycles. The van der Waals surface area contributed by atoms with Crippen LogP contribution in [0.1, 0.15) is 18.4 Å². The molecule has 0 radical (unpaired) electrons. The summed E-state index contributed by atoms with van der Waals surface area (Å²) in [7, 11) is 0. The Bertz CT molecular complexity index is 580. The number of hydrogen-bond acceptors (Lipinski definition) is 3. The van der Waals surface area contributed by atoms with Gasteiger partial charge in [-0.15, -0.1) is 0 Å². The Morgan fingerprint density at radius 2 is 2.10 bits per heavy atom. The summed E-state index contributed by atoms with van der Waals surface area (Å²) in [4.78, 5) is 4.07. The number of imidazole rings is 1. The van der Waals surface area contributed by atoms with Crippen molar-refractivity contribution in [3.05, 3.63) is 53.6 Å². The Balaban J connectivity index is 2.01. The van der Waals surface area contributed by atoms with Crippen LogP contribution in [0.2, 0.25) is 5.02 Å². The van der Waals surface area contributed by atoms with Gasteiger partial charge in [0.2, 0.25) is 0 Å². The van der Waals surface area contributed by atoms with Crippen LogP contribution < -0.4 is 0 Å². The maximum atomic E-state index is 11.4. The molecule has 1 saturated carbocycles.